The van der Waals surface area contributed by atoms with Crippen LogP contribution in [0.4, 0.5) is 5.69 Å². The summed E-state index contributed by atoms with van der Waals surface area (Å²) in [5.74, 6) is 0.0592. The molecule has 1 aliphatic rings. The number of halogens is 2. The van der Waals surface area contributed by atoms with Crippen molar-refractivity contribution in [2.24, 2.45) is 0 Å². The second kappa shape index (κ2) is 9.97. The molecule has 166 valence electrons. The number of nitrogens with zero attached hydrogens (tertiary/aromatic N) is 2. The summed E-state index contributed by atoms with van der Waals surface area (Å²) >= 11 is 12.8. The summed E-state index contributed by atoms with van der Waals surface area (Å²) in [5, 5.41) is 1.44. The normalized spacial score (nSPS) is 17.3. The number of rotatable bonds is 5. The van der Waals surface area contributed by atoms with E-state index in [9.17, 15) is 4.79 Å². The van der Waals surface area contributed by atoms with Crippen molar-refractivity contribution in [3.63, 3.8) is 0 Å². The first-order chi connectivity index (χ1) is 15.5. The zero-order valence-electron chi connectivity index (χ0n) is 18.5. The zero-order chi connectivity index (χ0) is 22.7. The highest BCUT2D eigenvalue weighted by molar-refractivity contribution is 6.33. The Morgan fingerprint density at radius 1 is 1.00 bits per heavy atom. The lowest BCUT2D eigenvalue weighted by atomic mass is 9.93. The molecular weight excluding hydrogens is 439 g/mol. The highest BCUT2D eigenvalue weighted by atomic mass is 35.5. The highest BCUT2D eigenvalue weighted by Gasteiger charge is 2.34. The van der Waals surface area contributed by atoms with Gasteiger partial charge in [-0.25, -0.2) is 0 Å². The molecule has 2 unspecified atom stereocenters. The van der Waals surface area contributed by atoms with E-state index in [0.717, 1.165) is 33.8 Å². The zero-order valence-corrected chi connectivity index (χ0v) is 20.0. The molecule has 1 fully saturated rings. The van der Waals surface area contributed by atoms with E-state index in [-0.39, 0.29) is 17.9 Å². The van der Waals surface area contributed by atoms with E-state index >= 15 is 0 Å². The van der Waals surface area contributed by atoms with Gasteiger partial charge in [-0.1, -0.05) is 78.7 Å². The third-order valence-electron chi connectivity index (χ3n) is 6.27. The Kier molecular flexibility index (Phi) is 7.07. The number of amides is 1. The van der Waals surface area contributed by atoms with Crippen LogP contribution >= 0.6 is 23.2 Å². The van der Waals surface area contributed by atoms with Crippen molar-refractivity contribution >= 4 is 34.8 Å². The Balaban J connectivity index is 1.65. The largest absolute Gasteiger partial charge is 0.360 e. The molecule has 0 aromatic heterocycles. The minimum absolute atomic E-state index is 0.00143. The van der Waals surface area contributed by atoms with Crippen LogP contribution in [-0.4, -0.2) is 30.4 Å². The van der Waals surface area contributed by atoms with Crippen molar-refractivity contribution in [1.82, 2.24) is 4.90 Å². The maximum atomic E-state index is 13.6. The first-order valence-corrected chi connectivity index (χ1v) is 11.9. The number of carbonyl (C=O) groups is 1. The van der Waals surface area contributed by atoms with Crippen LogP contribution in [0, 0.1) is 6.92 Å². The van der Waals surface area contributed by atoms with Gasteiger partial charge in [0.25, 0.3) is 0 Å². The van der Waals surface area contributed by atoms with Gasteiger partial charge < -0.3 is 9.80 Å². The minimum Gasteiger partial charge on any atom is -0.360 e. The van der Waals surface area contributed by atoms with E-state index in [1.165, 1.54) is 0 Å². The van der Waals surface area contributed by atoms with Crippen molar-refractivity contribution < 1.29 is 4.79 Å². The minimum atomic E-state index is -0.128. The number of benzene rings is 3. The van der Waals surface area contributed by atoms with Crippen molar-refractivity contribution in [2.75, 3.05) is 24.5 Å². The fraction of sp³-hybridized carbons (Fsp3) is 0.296. The van der Waals surface area contributed by atoms with E-state index in [2.05, 4.69) is 24.0 Å². The summed E-state index contributed by atoms with van der Waals surface area (Å²) in [5.41, 5.74) is 4.33. The Labute approximate surface area is 200 Å². The summed E-state index contributed by atoms with van der Waals surface area (Å²) in [6.45, 7) is 6.10. The molecule has 0 saturated carbocycles. The van der Waals surface area contributed by atoms with Crippen molar-refractivity contribution in [3.8, 4) is 0 Å². The van der Waals surface area contributed by atoms with Gasteiger partial charge in [0.15, 0.2) is 0 Å². The summed E-state index contributed by atoms with van der Waals surface area (Å²) in [6, 6.07) is 24.1. The van der Waals surface area contributed by atoms with Crippen LogP contribution in [0.25, 0.3) is 0 Å². The Morgan fingerprint density at radius 2 is 1.72 bits per heavy atom. The summed E-state index contributed by atoms with van der Waals surface area (Å²) in [6.07, 6.45) is 0.776. The SMILES string of the molecule is CCC(C(=O)N1CCN(c2ccc(C)cc2Cl)C(c2ccc(Cl)cc2)C1)c1ccccc1. The van der Waals surface area contributed by atoms with Crippen LogP contribution in [0.2, 0.25) is 10.0 Å². The molecule has 5 heteroatoms. The van der Waals surface area contributed by atoms with Gasteiger partial charge in [0.05, 0.1) is 22.7 Å². The Bertz CT molecular complexity index is 1070. The molecule has 2 atom stereocenters. The van der Waals surface area contributed by atoms with E-state index in [0.29, 0.717) is 24.7 Å². The average Bonchev–Trinajstić information content (AvgIpc) is 2.80. The Hall–Kier alpha value is -2.49. The van der Waals surface area contributed by atoms with Gasteiger partial charge in [0, 0.05) is 24.7 Å². The molecule has 3 aromatic carbocycles. The molecular formula is C27H28Cl2N2O. The van der Waals surface area contributed by atoms with E-state index in [4.69, 9.17) is 23.2 Å². The standard InChI is InChI=1S/C27H28Cl2N2O/c1-3-23(20-7-5-4-6-8-20)27(32)30-15-16-31(25-14-9-19(2)17-24(25)29)26(18-30)21-10-12-22(28)13-11-21/h4-14,17,23,26H,3,15-16,18H2,1-2H3. The summed E-state index contributed by atoms with van der Waals surface area (Å²) in [7, 11) is 0. The van der Waals surface area contributed by atoms with Gasteiger partial charge in [-0.15, -0.1) is 0 Å². The highest BCUT2D eigenvalue weighted by Crippen LogP contribution is 2.37. The van der Waals surface area contributed by atoms with Gasteiger partial charge in [0.2, 0.25) is 5.91 Å². The predicted octanol–water partition coefficient (Wildman–Crippen LogP) is 6.89. The second-order valence-electron chi connectivity index (χ2n) is 8.37. The summed E-state index contributed by atoms with van der Waals surface area (Å²) in [4.78, 5) is 17.9. The van der Waals surface area contributed by atoms with Crippen LogP contribution in [0.3, 0.4) is 0 Å². The number of piperazine rings is 1. The van der Waals surface area contributed by atoms with Crippen molar-refractivity contribution in [3.05, 3.63) is 99.5 Å². The van der Waals surface area contributed by atoms with E-state index < -0.39 is 0 Å². The van der Waals surface area contributed by atoms with Gasteiger partial charge in [-0.3, -0.25) is 4.79 Å². The number of hydrogen-bond acceptors (Lipinski definition) is 2. The molecule has 4 rings (SSSR count). The lowest BCUT2D eigenvalue weighted by Crippen LogP contribution is -2.51. The molecule has 32 heavy (non-hydrogen) atoms. The lowest BCUT2D eigenvalue weighted by molar-refractivity contribution is -0.133. The van der Waals surface area contributed by atoms with Crippen LogP contribution in [0.15, 0.2) is 72.8 Å². The maximum Gasteiger partial charge on any atom is 0.230 e. The number of carbonyl (C=O) groups excluding carboxylic acids is 1. The predicted molar refractivity (Wildman–Crippen MR) is 134 cm³/mol. The van der Waals surface area contributed by atoms with Gasteiger partial charge in [-0.2, -0.15) is 0 Å². The third kappa shape index (κ3) is 4.79. The topological polar surface area (TPSA) is 23.6 Å². The number of hydrogen-bond donors (Lipinski definition) is 0. The first-order valence-electron chi connectivity index (χ1n) is 11.1. The molecule has 0 bridgehead atoms. The molecule has 0 aliphatic carbocycles. The Morgan fingerprint density at radius 3 is 2.38 bits per heavy atom. The fourth-order valence-electron chi connectivity index (χ4n) is 4.55. The van der Waals surface area contributed by atoms with Crippen molar-refractivity contribution in [1.29, 1.82) is 0 Å². The molecule has 0 spiro atoms. The van der Waals surface area contributed by atoms with Crippen LogP contribution < -0.4 is 4.90 Å². The quantitative estimate of drug-likeness (QED) is 0.408. The maximum absolute atomic E-state index is 13.6. The fourth-order valence-corrected chi connectivity index (χ4v) is 5.01. The number of anilines is 1. The molecule has 3 aromatic rings. The molecule has 0 radical (unpaired) electrons. The van der Waals surface area contributed by atoms with Crippen LogP contribution in [0.1, 0.15) is 42.0 Å². The van der Waals surface area contributed by atoms with E-state index in [1.54, 1.807) is 0 Å². The monoisotopic (exact) mass is 466 g/mol. The molecule has 1 heterocycles. The molecule has 1 saturated heterocycles. The lowest BCUT2D eigenvalue weighted by Gasteiger charge is -2.44. The summed E-state index contributed by atoms with van der Waals surface area (Å²) < 4.78 is 0. The van der Waals surface area contributed by atoms with Gasteiger partial charge in [0.1, 0.15) is 0 Å². The second-order valence-corrected chi connectivity index (χ2v) is 9.22. The van der Waals surface area contributed by atoms with Gasteiger partial charge >= 0.3 is 0 Å². The molecule has 1 aliphatic heterocycles. The smallest absolute Gasteiger partial charge is 0.230 e. The van der Waals surface area contributed by atoms with Crippen LogP contribution in [0.5, 0.6) is 0 Å². The molecule has 1 amide bonds. The molecule has 0 N–H and O–H groups in total. The van der Waals surface area contributed by atoms with Crippen LogP contribution in [-0.2, 0) is 4.79 Å². The van der Waals surface area contributed by atoms with Crippen molar-refractivity contribution in [2.45, 2.75) is 32.2 Å². The average molecular weight is 467 g/mol. The number of aryl methyl sites for hydroxylation is 1. The first kappa shape index (κ1) is 22.7. The molecule has 3 nitrogen and oxygen atoms in total. The third-order valence-corrected chi connectivity index (χ3v) is 6.82. The van der Waals surface area contributed by atoms with E-state index in [1.807, 2.05) is 72.5 Å². The van der Waals surface area contributed by atoms with Gasteiger partial charge in [-0.05, 0) is 54.3 Å².